The molecule has 0 aliphatic rings. The van der Waals surface area contributed by atoms with Crippen LogP contribution in [-0.2, 0) is 5.41 Å². The van der Waals surface area contributed by atoms with Gasteiger partial charge in [0.2, 0.25) is 0 Å². The molecule has 0 spiro atoms. The molecule has 8 aromatic rings. The number of pyridine rings is 1. The molecule has 0 bridgehead atoms. The number of benzene rings is 6. The van der Waals surface area contributed by atoms with E-state index in [1.54, 1.807) is 6.07 Å². The molecule has 0 unspecified atom stereocenters. The number of fused-ring (bicyclic) bond motifs is 2. The van der Waals surface area contributed by atoms with E-state index in [9.17, 15) is 5.11 Å². The second-order valence-corrected chi connectivity index (χ2v) is 13.3. The minimum absolute atomic E-state index is 0.0768. The highest BCUT2D eigenvalue weighted by atomic mass is 16.3. The van der Waals surface area contributed by atoms with Gasteiger partial charge in [-0.05, 0) is 81.3 Å². The molecule has 1 N–H and O–H groups in total. The van der Waals surface area contributed by atoms with Crippen LogP contribution in [0.2, 0.25) is 0 Å². The number of aromatic hydroxyl groups is 1. The van der Waals surface area contributed by atoms with Crippen LogP contribution in [0.3, 0.4) is 0 Å². The van der Waals surface area contributed by atoms with Crippen molar-refractivity contribution in [2.24, 2.45) is 0 Å². The standard InChI is InChI=1S/C44H35N3O/c1-44(2,3)33-20-23-41(48)39(28-33)43-38-17-10-11-19-40(38)47(46-43)34-26-31(29-13-6-4-7-14-29)25-32(27-34)36-22-21-35(30-15-8-5-9-16-30)37-18-12-24-45-42(36)37/h4-28,48H,1-3H3. The lowest BCUT2D eigenvalue weighted by atomic mass is 9.85. The smallest absolute Gasteiger partial charge is 0.125 e. The molecule has 8 rings (SSSR count). The molecule has 232 valence electrons. The van der Waals surface area contributed by atoms with Gasteiger partial charge in [-0.1, -0.05) is 124 Å². The topological polar surface area (TPSA) is 50.9 Å². The maximum absolute atomic E-state index is 11.1. The zero-order valence-corrected chi connectivity index (χ0v) is 27.2. The van der Waals surface area contributed by atoms with Crippen LogP contribution in [0.4, 0.5) is 0 Å². The molecule has 0 saturated carbocycles. The zero-order chi connectivity index (χ0) is 32.8. The number of hydrogen-bond donors (Lipinski definition) is 1. The first-order valence-corrected chi connectivity index (χ1v) is 16.3. The molecule has 0 aliphatic heterocycles. The summed E-state index contributed by atoms with van der Waals surface area (Å²) in [6.45, 7) is 6.55. The van der Waals surface area contributed by atoms with Gasteiger partial charge in [0.15, 0.2) is 0 Å². The number of nitrogens with zero attached hydrogens (tertiary/aromatic N) is 3. The van der Waals surface area contributed by atoms with Gasteiger partial charge in [0.25, 0.3) is 0 Å². The lowest BCUT2D eigenvalue weighted by molar-refractivity contribution is 0.476. The van der Waals surface area contributed by atoms with E-state index in [1.165, 1.54) is 0 Å². The van der Waals surface area contributed by atoms with Crippen molar-refractivity contribution in [1.82, 2.24) is 14.8 Å². The second-order valence-electron chi connectivity index (χ2n) is 13.3. The molecule has 0 radical (unpaired) electrons. The zero-order valence-electron chi connectivity index (χ0n) is 27.2. The lowest BCUT2D eigenvalue weighted by Gasteiger charge is -2.20. The predicted molar refractivity (Wildman–Crippen MR) is 198 cm³/mol. The molecule has 0 aliphatic carbocycles. The Morgan fingerprint density at radius 2 is 1.21 bits per heavy atom. The first kappa shape index (κ1) is 29.4. The number of rotatable bonds is 5. The Labute approximate surface area is 280 Å². The van der Waals surface area contributed by atoms with E-state index in [1.807, 2.05) is 47.3 Å². The molecule has 2 aromatic heterocycles. The summed E-state index contributed by atoms with van der Waals surface area (Å²) in [7, 11) is 0. The number of phenolic OH excluding ortho intramolecular Hbond substituents is 1. The van der Waals surface area contributed by atoms with E-state index >= 15 is 0 Å². The summed E-state index contributed by atoms with van der Waals surface area (Å²) >= 11 is 0. The molecule has 48 heavy (non-hydrogen) atoms. The summed E-state index contributed by atoms with van der Waals surface area (Å²) in [5, 5.41) is 18.5. The minimum atomic E-state index is -0.0768. The van der Waals surface area contributed by atoms with Crippen LogP contribution in [0.1, 0.15) is 26.3 Å². The summed E-state index contributed by atoms with van der Waals surface area (Å²) < 4.78 is 2.01. The highest BCUT2D eigenvalue weighted by Crippen LogP contribution is 2.40. The van der Waals surface area contributed by atoms with Crippen molar-refractivity contribution in [3.63, 3.8) is 0 Å². The fraction of sp³-hybridized carbons (Fsp3) is 0.0909. The Morgan fingerprint density at radius 1 is 0.542 bits per heavy atom. The molecule has 4 nitrogen and oxygen atoms in total. The predicted octanol–water partition coefficient (Wildman–Crippen LogP) is 11.2. The second kappa shape index (κ2) is 11.7. The third kappa shape index (κ3) is 5.22. The van der Waals surface area contributed by atoms with Crippen LogP contribution in [0.15, 0.2) is 152 Å². The van der Waals surface area contributed by atoms with Crippen LogP contribution < -0.4 is 0 Å². The van der Waals surface area contributed by atoms with Gasteiger partial charge in [0, 0.05) is 28.1 Å². The molecule has 6 aromatic carbocycles. The normalized spacial score (nSPS) is 11.7. The fourth-order valence-electron chi connectivity index (χ4n) is 6.62. The summed E-state index contributed by atoms with van der Waals surface area (Å²) in [5.41, 5.74) is 12.0. The Balaban J connectivity index is 1.37. The maximum Gasteiger partial charge on any atom is 0.125 e. The summed E-state index contributed by atoms with van der Waals surface area (Å²) in [6.07, 6.45) is 1.87. The van der Waals surface area contributed by atoms with Crippen molar-refractivity contribution in [3.8, 4) is 56.1 Å². The van der Waals surface area contributed by atoms with E-state index < -0.39 is 0 Å². The van der Waals surface area contributed by atoms with Crippen LogP contribution in [0, 0.1) is 0 Å². The summed E-state index contributed by atoms with van der Waals surface area (Å²) in [6, 6.07) is 50.2. The SMILES string of the molecule is CC(C)(C)c1ccc(O)c(-c2nn(-c3cc(-c4ccccc4)cc(-c4ccc(-c5ccccc5)c5cccnc45)c3)c3ccccc23)c1. The maximum atomic E-state index is 11.1. The first-order valence-electron chi connectivity index (χ1n) is 16.3. The van der Waals surface area contributed by atoms with Gasteiger partial charge in [-0.2, -0.15) is 5.10 Å². The Hall–Kier alpha value is -6.00. The van der Waals surface area contributed by atoms with Crippen molar-refractivity contribution in [2.45, 2.75) is 26.2 Å². The average molecular weight is 622 g/mol. The van der Waals surface area contributed by atoms with Gasteiger partial charge >= 0.3 is 0 Å². The monoisotopic (exact) mass is 621 g/mol. The van der Waals surface area contributed by atoms with Crippen molar-refractivity contribution in [1.29, 1.82) is 0 Å². The van der Waals surface area contributed by atoms with E-state index in [4.69, 9.17) is 10.1 Å². The van der Waals surface area contributed by atoms with Crippen molar-refractivity contribution in [3.05, 3.63) is 157 Å². The highest BCUT2D eigenvalue weighted by Gasteiger charge is 2.21. The Morgan fingerprint density at radius 3 is 1.98 bits per heavy atom. The molecule has 0 amide bonds. The molecular weight excluding hydrogens is 587 g/mol. The van der Waals surface area contributed by atoms with Crippen molar-refractivity contribution < 1.29 is 5.11 Å². The molecular formula is C44H35N3O. The number of para-hydroxylation sites is 1. The largest absolute Gasteiger partial charge is 0.507 e. The first-order chi connectivity index (χ1) is 23.3. The quantitative estimate of drug-likeness (QED) is 0.208. The van der Waals surface area contributed by atoms with Gasteiger partial charge in [0.05, 0.1) is 16.7 Å². The number of aromatic nitrogens is 3. The number of hydrogen-bond acceptors (Lipinski definition) is 3. The molecule has 0 atom stereocenters. The average Bonchev–Trinajstić information content (AvgIpc) is 3.51. The van der Waals surface area contributed by atoms with Gasteiger partial charge in [-0.25, -0.2) is 4.68 Å². The minimum Gasteiger partial charge on any atom is -0.507 e. The highest BCUT2D eigenvalue weighted by molar-refractivity contribution is 6.03. The van der Waals surface area contributed by atoms with Gasteiger partial charge in [0.1, 0.15) is 11.4 Å². The van der Waals surface area contributed by atoms with Gasteiger partial charge in [-0.15, -0.1) is 0 Å². The summed E-state index contributed by atoms with van der Waals surface area (Å²) in [4.78, 5) is 4.93. The third-order valence-corrected chi connectivity index (χ3v) is 9.14. The van der Waals surface area contributed by atoms with Crippen LogP contribution >= 0.6 is 0 Å². The van der Waals surface area contributed by atoms with E-state index in [0.29, 0.717) is 0 Å². The number of phenols is 1. The Kier molecular flexibility index (Phi) is 7.14. The van der Waals surface area contributed by atoms with Crippen LogP contribution in [0.25, 0.3) is 72.1 Å². The molecule has 4 heteroatoms. The van der Waals surface area contributed by atoms with E-state index in [0.717, 1.165) is 77.7 Å². The van der Waals surface area contributed by atoms with Crippen molar-refractivity contribution >= 4 is 21.8 Å². The Bertz CT molecular complexity index is 2440. The van der Waals surface area contributed by atoms with Gasteiger partial charge < -0.3 is 5.11 Å². The third-order valence-electron chi connectivity index (χ3n) is 9.14. The van der Waals surface area contributed by atoms with Crippen LogP contribution in [-0.4, -0.2) is 19.9 Å². The lowest BCUT2D eigenvalue weighted by Crippen LogP contribution is -2.10. The molecule has 2 heterocycles. The van der Waals surface area contributed by atoms with E-state index in [2.05, 4.69) is 124 Å². The molecule has 0 saturated heterocycles. The van der Waals surface area contributed by atoms with E-state index in [-0.39, 0.29) is 11.2 Å². The van der Waals surface area contributed by atoms with Crippen LogP contribution in [0.5, 0.6) is 5.75 Å². The molecule has 0 fully saturated rings. The van der Waals surface area contributed by atoms with Crippen molar-refractivity contribution in [2.75, 3.05) is 0 Å². The fourth-order valence-corrected chi connectivity index (χ4v) is 6.62. The van der Waals surface area contributed by atoms with Gasteiger partial charge in [-0.3, -0.25) is 4.98 Å². The summed E-state index contributed by atoms with van der Waals surface area (Å²) in [5.74, 6) is 0.216.